The summed E-state index contributed by atoms with van der Waals surface area (Å²) in [4.78, 5) is 37.5. The Labute approximate surface area is 139 Å². The van der Waals surface area contributed by atoms with Crippen molar-refractivity contribution in [2.45, 2.75) is 19.8 Å². The van der Waals surface area contributed by atoms with Crippen LogP contribution in [0.3, 0.4) is 0 Å². The Morgan fingerprint density at radius 2 is 2.04 bits per heavy atom. The fourth-order valence-corrected chi connectivity index (χ4v) is 3.33. The number of nitrogens with zero attached hydrogens (tertiary/aromatic N) is 1. The highest BCUT2D eigenvalue weighted by molar-refractivity contribution is 6.30. The predicted octanol–water partition coefficient (Wildman–Crippen LogP) is 2.78. The van der Waals surface area contributed by atoms with E-state index in [-0.39, 0.29) is 36.1 Å². The average Bonchev–Trinajstić information content (AvgIpc) is 2.76. The lowest BCUT2D eigenvalue weighted by molar-refractivity contribution is -0.139. The SMILES string of the molecule is CC(=O)c1cccc(NCN2C(=O)[C@H]3CC=C(Cl)C[C@H]3C2=O)c1. The topological polar surface area (TPSA) is 66.5 Å². The van der Waals surface area contributed by atoms with Crippen LogP contribution >= 0.6 is 11.6 Å². The van der Waals surface area contributed by atoms with Crippen LogP contribution in [0.25, 0.3) is 0 Å². The first-order valence-electron chi connectivity index (χ1n) is 7.52. The lowest BCUT2D eigenvalue weighted by Crippen LogP contribution is -2.35. The molecule has 23 heavy (non-hydrogen) atoms. The molecule has 1 aliphatic heterocycles. The number of anilines is 1. The van der Waals surface area contributed by atoms with Gasteiger partial charge in [0.25, 0.3) is 0 Å². The van der Waals surface area contributed by atoms with Crippen molar-refractivity contribution < 1.29 is 14.4 Å². The minimum atomic E-state index is -0.342. The van der Waals surface area contributed by atoms with Gasteiger partial charge >= 0.3 is 0 Å². The molecule has 1 aromatic carbocycles. The number of carbonyl (C=O) groups excluding carboxylic acids is 3. The van der Waals surface area contributed by atoms with Gasteiger partial charge < -0.3 is 5.32 Å². The molecule has 1 N–H and O–H groups in total. The zero-order valence-corrected chi connectivity index (χ0v) is 13.5. The van der Waals surface area contributed by atoms with Crippen LogP contribution < -0.4 is 5.32 Å². The van der Waals surface area contributed by atoms with Gasteiger partial charge in [0.15, 0.2) is 5.78 Å². The summed E-state index contributed by atoms with van der Waals surface area (Å²) in [5.41, 5.74) is 1.28. The molecule has 2 atom stereocenters. The van der Waals surface area contributed by atoms with Crippen LogP contribution in [0.15, 0.2) is 35.4 Å². The largest absolute Gasteiger partial charge is 0.367 e. The molecule has 0 aromatic heterocycles. The summed E-state index contributed by atoms with van der Waals surface area (Å²) in [5, 5.41) is 3.70. The van der Waals surface area contributed by atoms with Crippen LogP contribution in [-0.2, 0) is 9.59 Å². The third-order valence-electron chi connectivity index (χ3n) is 4.37. The van der Waals surface area contributed by atoms with E-state index in [0.717, 1.165) is 0 Å². The lowest BCUT2D eigenvalue weighted by atomic mass is 9.85. The minimum Gasteiger partial charge on any atom is -0.367 e. The molecule has 120 valence electrons. The van der Waals surface area contributed by atoms with Gasteiger partial charge in [0, 0.05) is 16.3 Å². The smallest absolute Gasteiger partial charge is 0.234 e. The number of likely N-dealkylation sites (tertiary alicyclic amines) is 1. The first-order valence-corrected chi connectivity index (χ1v) is 7.90. The van der Waals surface area contributed by atoms with Crippen LogP contribution in [0.5, 0.6) is 0 Å². The molecular formula is C17H17ClN2O3. The Kier molecular flexibility index (Phi) is 4.22. The van der Waals surface area contributed by atoms with E-state index in [1.54, 1.807) is 24.3 Å². The molecule has 1 aliphatic carbocycles. The Bertz CT molecular complexity index is 714. The summed E-state index contributed by atoms with van der Waals surface area (Å²) in [6, 6.07) is 6.99. The summed E-state index contributed by atoms with van der Waals surface area (Å²) in [6.07, 6.45) is 2.78. The summed E-state index contributed by atoms with van der Waals surface area (Å²) < 4.78 is 0. The molecule has 2 aliphatic rings. The van der Waals surface area contributed by atoms with E-state index >= 15 is 0 Å². The van der Waals surface area contributed by atoms with Crippen molar-refractivity contribution in [2.75, 3.05) is 12.0 Å². The standard InChI is InChI=1S/C17H17ClN2O3/c1-10(21)11-3-2-4-13(7-11)19-9-20-16(22)14-6-5-12(18)8-15(14)17(20)23/h2-5,7,14-15,19H,6,8-9H2,1H3/t14-,15+/m0/s1. The normalized spacial score (nSPS) is 23.6. The number of benzene rings is 1. The van der Waals surface area contributed by atoms with Crippen molar-refractivity contribution in [2.24, 2.45) is 11.8 Å². The fraction of sp³-hybridized carbons (Fsp3) is 0.353. The fourth-order valence-electron chi connectivity index (χ4n) is 3.07. The summed E-state index contributed by atoms with van der Waals surface area (Å²) in [5.74, 6) is -1.01. The van der Waals surface area contributed by atoms with Gasteiger partial charge in [-0.3, -0.25) is 19.3 Å². The molecule has 0 bridgehead atoms. The maximum Gasteiger partial charge on any atom is 0.234 e. The van der Waals surface area contributed by atoms with Crippen molar-refractivity contribution in [1.82, 2.24) is 4.90 Å². The first-order chi connectivity index (χ1) is 11.0. The molecule has 1 heterocycles. The number of hydrogen-bond donors (Lipinski definition) is 1. The second-order valence-corrected chi connectivity index (χ2v) is 6.37. The van der Waals surface area contributed by atoms with E-state index in [9.17, 15) is 14.4 Å². The number of ketones is 1. The molecule has 5 nitrogen and oxygen atoms in total. The number of fused-ring (bicyclic) bond motifs is 1. The van der Waals surface area contributed by atoms with Crippen LogP contribution in [0.4, 0.5) is 5.69 Å². The van der Waals surface area contributed by atoms with Crippen molar-refractivity contribution in [1.29, 1.82) is 0 Å². The van der Waals surface area contributed by atoms with E-state index < -0.39 is 0 Å². The Morgan fingerprint density at radius 1 is 1.30 bits per heavy atom. The monoisotopic (exact) mass is 332 g/mol. The van der Waals surface area contributed by atoms with Gasteiger partial charge in [-0.15, -0.1) is 0 Å². The van der Waals surface area contributed by atoms with Gasteiger partial charge in [0.05, 0.1) is 18.5 Å². The van der Waals surface area contributed by atoms with Crippen LogP contribution in [0, 0.1) is 11.8 Å². The second kappa shape index (κ2) is 6.16. The van der Waals surface area contributed by atoms with E-state index in [0.29, 0.717) is 29.1 Å². The number of allylic oxidation sites excluding steroid dienone is 2. The number of amides is 2. The third-order valence-corrected chi connectivity index (χ3v) is 4.68. The van der Waals surface area contributed by atoms with E-state index in [1.807, 2.05) is 6.08 Å². The highest BCUT2D eigenvalue weighted by atomic mass is 35.5. The Hall–Kier alpha value is -2.14. The molecule has 0 spiro atoms. The molecule has 1 saturated heterocycles. The Morgan fingerprint density at radius 3 is 2.78 bits per heavy atom. The molecule has 3 rings (SSSR count). The quantitative estimate of drug-likeness (QED) is 0.680. The molecule has 0 unspecified atom stereocenters. The van der Waals surface area contributed by atoms with Gasteiger partial charge in [0.2, 0.25) is 11.8 Å². The van der Waals surface area contributed by atoms with Gasteiger partial charge in [-0.1, -0.05) is 29.8 Å². The number of hydrogen-bond acceptors (Lipinski definition) is 4. The summed E-state index contributed by atoms with van der Waals surface area (Å²) in [7, 11) is 0. The Balaban J connectivity index is 1.69. The molecule has 2 amide bonds. The maximum atomic E-state index is 12.4. The van der Waals surface area contributed by atoms with Gasteiger partial charge in [-0.05, 0) is 31.9 Å². The average molecular weight is 333 g/mol. The molecular weight excluding hydrogens is 316 g/mol. The van der Waals surface area contributed by atoms with E-state index in [1.165, 1.54) is 11.8 Å². The highest BCUT2D eigenvalue weighted by Gasteiger charge is 2.48. The number of imide groups is 1. The molecule has 6 heteroatoms. The van der Waals surface area contributed by atoms with Gasteiger partial charge in [0.1, 0.15) is 0 Å². The number of Topliss-reactive ketones (excluding diaryl/α,β-unsaturated/α-hetero) is 1. The van der Waals surface area contributed by atoms with Gasteiger partial charge in [-0.2, -0.15) is 0 Å². The first kappa shape index (κ1) is 15.7. The summed E-state index contributed by atoms with van der Waals surface area (Å²) in [6.45, 7) is 1.59. The third kappa shape index (κ3) is 3.01. The summed E-state index contributed by atoms with van der Waals surface area (Å²) >= 11 is 6.00. The molecule has 1 fully saturated rings. The lowest BCUT2D eigenvalue weighted by Gasteiger charge is -2.17. The number of halogens is 1. The van der Waals surface area contributed by atoms with Crippen LogP contribution in [0.1, 0.15) is 30.1 Å². The van der Waals surface area contributed by atoms with E-state index in [4.69, 9.17) is 11.6 Å². The van der Waals surface area contributed by atoms with Crippen LogP contribution in [-0.4, -0.2) is 29.2 Å². The zero-order chi connectivity index (χ0) is 16.6. The van der Waals surface area contributed by atoms with Crippen molar-refractivity contribution >= 4 is 34.9 Å². The zero-order valence-electron chi connectivity index (χ0n) is 12.7. The number of nitrogens with one attached hydrogen (secondary N) is 1. The number of carbonyl (C=O) groups is 3. The van der Waals surface area contributed by atoms with Gasteiger partial charge in [-0.25, -0.2) is 0 Å². The van der Waals surface area contributed by atoms with Crippen molar-refractivity contribution in [3.63, 3.8) is 0 Å². The maximum absolute atomic E-state index is 12.4. The predicted molar refractivity (Wildman–Crippen MR) is 86.9 cm³/mol. The highest BCUT2D eigenvalue weighted by Crippen LogP contribution is 2.38. The second-order valence-electron chi connectivity index (χ2n) is 5.88. The molecule has 0 radical (unpaired) electrons. The van der Waals surface area contributed by atoms with Crippen molar-refractivity contribution in [3.05, 3.63) is 40.9 Å². The molecule has 0 saturated carbocycles. The minimum absolute atomic E-state index is 0.0336. The van der Waals surface area contributed by atoms with E-state index in [2.05, 4.69) is 5.32 Å². The molecule has 1 aromatic rings. The van der Waals surface area contributed by atoms with Crippen LogP contribution in [0.2, 0.25) is 0 Å². The van der Waals surface area contributed by atoms with Crippen molar-refractivity contribution in [3.8, 4) is 0 Å². The number of rotatable bonds is 4.